The van der Waals surface area contributed by atoms with Crippen LogP contribution in [0.1, 0.15) is 23.7 Å². The zero-order valence-corrected chi connectivity index (χ0v) is 11.8. The SMILES string of the molecule is CC1CN(c2ccc3c(c2)N(C)C(=O)C3=O)CCCO1. The number of benzene rings is 1. The number of carbonyl (C=O) groups is 2. The van der Waals surface area contributed by atoms with Gasteiger partial charge in [-0.1, -0.05) is 0 Å². The second kappa shape index (κ2) is 4.90. The van der Waals surface area contributed by atoms with Gasteiger partial charge in [0.25, 0.3) is 11.7 Å². The lowest BCUT2D eigenvalue weighted by Gasteiger charge is -2.25. The molecule has 1 saturated heterocycles. The topological polar surface area (TPSA) is 49.9 Å². The first-order valence-electron chi connectivity index (χ1n) is 6.91. The highest BCUT2D eigenvalue weighted by Crippen LogP contribution is 2.32. The van der Waals surface area contributed by atoms with Crippen LogP contribution in [-0.2, 0) is 9.53 Å². The lowest BCUT2D eigenvalue weighted by Crippen LogP contribution is -2.30. The van der Waals surface area contributed by atoms with Crippen molar-refractivity contribution in [3.05, 3.63) is 23.8 Å². The maximum Gasteiger partial charge on any atom is 0.299 e. The molecule has 2 aliphatic heterocycles. The van der Waals surface area contributed by atoms with Crippen LogP contribution in [0.15, 0.2) is 18.2 Å². The molecule has 0 aliphatic carbocycles. The summed E-state index contributed by atoms with van der Waals surface area (Å²) in [6.45, 7) is 4.59. The van der Waals surface area contributed by atoms with Gasteiger partial charge in [-0.3, -0.25) is 9.59 Å². The summed E-state index contributed by atoms with van der Waals surface area (Å²) in [6, 6.07) is 5.60. The lowest BCUT2D eigenvalue weighted by atomic mass is 10.1. The molecule has 0 bridgehead atoms. The van der Waals surface area contributed by atoms with Crippen LogP contribution in [-0.4, -0.2) is 44.5 Å². The van der Waals surface area contributed by atoms with E-state index in [0.717, 1.165) is 31.8 Å². The van der Waals surface area contributed by atoms with Crippen LogP contribution in [0.4, 0.5) is 11.4 Å². The molecule has 3 rings (SSSR count). The van der Waals surface area contributed by atoms with Crippen molar-refractivity contribution < 1.29 is 14.3 Å². The Labute approximate surface area is 118 Å². The predicted octanol–water partition coefficient (Wildman–Crippen LogP) is 1.46. The number of likely N-dealkylation sites (N-methyl/N-ethyl adjacent to an activating group) is 1. The predicted molar refractivity (Wildman–Crippen MR) is 76.4 cm³/mol. The van der Waals surface area contributed by atoms with Crippen LogP contribution in [0, 0.1) is 0 Å². The number of ketones is 1. The van der Waals surface area contributed by atoms with E-state index in [2.05, 4.69) is 11.8 Å². The van der Waals surface area contributed by atoms with E-state index in [9.17, 15) is 9.59 Å². The second-order valence-electron chi connectivity index (χ2n) is 5.38. The van der Waals surface area contributed by atoms with E-state index < -0.39 is 11.7 Å². The van der Waals surface area contributed by atoms with E-state index >= 15 is 0 Å². The molecule has 1 aromatic carbocycles. The van der Waals surface area contributed by atoms with Gasteiger partial charge in [0.15, 0.2) is 0 Å². The maximum absolute atomic E-state index is 11.8. The summed E-state index contributed by atoms with van der Waals surface area (Å²) in [7, 11) is 1.64. The van der Waals surface area contributed by atoms with E-state index in [4.69, 9.17) is 4.74 Å². The highest BCUT2D eigenvalue weighted by Gasteiger charge is 2.33. The third kappa shape index (κ3) is 2.08. The highest BCUT2D eigenvalue weighted by molar-refractivity contribution is 6.52. The van der Waals surface area contributed by atoms with Gasteiger partial charge in [0.2, 0.25) is 0 Å². The first-order chi connectivity index (χ1) is 9.58. The third-order valence-electron chi connectivity index (χ3n) is 3.90. The Bertz CT molecular complexity index is 570. The molecule has 1 fully saturated rings. The number of ether oxygens (including phenoxy) is 1. The number of anilines is 2. The fourth-order valence-corrected chi connectivity index (χ4v) is 2.79. The first kappa shape index (κ1) is 13.1. The molecule has 2 aliphatic rings. The van der Waals surface area contributed by atoms with Crippen LogP contribution >= 0.6 is 0 Å². The van der Waals surface area contributed by atoms with E-state index in [1.807, 2.05) is 12.1 Å². The molecule has 0 saturated carbocycles. The summed E-state index contributed by atoms with van der Waals surface area (Å²) < 4.78 is 5.64. The van der Waals surface area contributed by atoms with Gasteiger partial charge in [-0.25, -0.2) is 0 Å². The normalized spacial score (nSPS) is 23.0. The Hall–Kier alpha value is -1.88. The number of fused-ring (bicyclic) bond motifs is 1. The molecular formula is C15H18N2O3. The van der Waals surface area contributed by atoms with Gasteiger partial charge in [0.05, 0.1) is 17.4 Å². The summed E-state index contributed by atoms with van der Waals surface area (Å²) in [5.74, 6) is -0.869. The molecule has 0 radical (unpaired) electrons. The minimum Gasteiger partial charge on any atom is -0.377 e. The molecule has 0 N–H and O–H groups in total. The monoisotopic (exact) mass is 274 g/mol. The summed E-state index contributed by atoms with van der Waals surface area (Å²) in [5, 5.41) is 0. The molecule has 2 heterocycles. The molecular weight excluding hydrogens is 256 g/mol. The molecule has 1 atom stereocenters. The van der Waals surface area contributed by atoms with Crippen molar-refractivity contribution >= 4 is 23.1 Å². The zero-order chi connectivity index (χ0) is 14.3. The number of hydrogen-bond donors (Lipinski definition) is 0. The summed E-state index contributed by atoms with van der Waals surface area (Å²) in [6.07, 6.45) is 1.17. The maximum atomic E-state index is 11.8. The van der Waals surface area contributed by atoms with E-state index in [1.54, 1.807) is 13.1 Å². The quantitative estimate of drug-likeness (QED) is 0.728. The van der Waals surface area contributed by atoms with Crippen molar-refractivity contribution in [3.63, 3.8) is 0 Å². The highest BCUT2D eigenvalue weighted by atomic mass is 16.5. The molecule has 1 amide bonds. The van der Waals surface area contributed by atoms with Gasteiger partial charge in [-0.15, -0.1) is 0 Å². The van der Waals surface area contributed by atoms with Crippen molar-refractivity contribution in [2.75, 3.05) is 36.5 Å². The second-order valence-corrected chi connectivity index (χ2v) is 5.38. The van der Waals surface area contributed by atoms with Gasteiger partial charge < -0.3 is 14.5 Å². The van der Waals surface area contributed by atoms with Crippen molar-refractivity contribution in [3.8, 4) is 0 Å². The molecule has 5 heteroatoms. The first-order valence-corrected chi connectivity index (χ1v) is 6.91. The average Bonchev–Trinajstić information content (AvgIpc) is 2.64. The lowest BCUT2D eigenvalue weighted by molar-refractivity contribution is -0.114. The van der Waals surface area contributed by atoms with Crippen molar-refractivity contribution in [1.82, 2.24) is 0 Å². The molecule has 5 nitrogen and oxygen atoms in total. The van der Waals surface area contributed by atoms with E-state index in [1.165, 1.54) is 4.90 Å². The molecule has 0 spiro atoms. The van der Waals surface area contributed by atoms with Crippen LogP contribution < -0.4 is 9.80 Å². The Morgan fingerprint density at radius 2 is 2.10 bits per heavy atom. The Morgan fingerprint density at radius 1 is 1.30 bits per heavy atom. The number of amides is 1. The number of nitrogens with zero attached hydrogens (tertiary/aromatic N) is 2. The molecule has 1 unspecified atom stereocenters. The van der Waals surface area contributed by atoms with Crippen molar-refractivity contribution in [1.29, 1.82) is 0 Å². The van der Waals surface area contributed by atoms with Gasteiger partial charge in [-0.2, -0.15) is 0 Å². The number of rotatable bonds is 1. The number of carbonyl (C=O) groups excluding carboxylic acids is 2. The zero-order valence-electron chi connectivity index (χ0n) is 11.8. The number of Topliss-reactive ketones (excluding diaryl/α,β-unsaturated/α-hetero) is 1. The third-order valence-corrected chi connectivity index (χ3v) is 3.90. The fourth-order valence-electron chi connectivity index (χ4n) is 2.79. The summed E-state index contributed by atoms with van der Waals surface area (Å²) in [4.78, 5) is 27.2. The van der Waals surface area contributed by atoms with Gasteiger partial charge in [0, 0.05) is 32.4 Å². The Morgan fingerprint density at radius 3 is 2.90 bits per heavy atom. The van der Waals surface area contributed by atoms with Crippen LogP contribution in [0.3, 0.4) is 0 Å². The van der Waals surface area contributed by atoms with Gasteiger partial charge >= 0.3 is 0 Å². The minimum absolute atomic E-state index is 0.187. The molecule has 20 heavy (non-hydrogen) atoms. The van der Waals surface area contributed by atoms with Crippen LogP contribution in [0.5, 0.6) is 0 Å². The van der Waals surface area contributed by atoms with E-state index in [-0.39, 0.29) is 6.10 Å². The molecule has 106 valence electrons. The molecule has 1 aromatic rings. The Kier molecular flexibility index (Phi) is 3.22. The largest absolute Gasteiger partial charge is 0.377 e. The van der Waals surface area contributed by atoms with Crippen LogP contribution in [0.25, 0.3) is 0 Å². The standard InChI is InChI=1S/C15H18N2O3/c1-10-9-17(6-3-7-20-10)11-4-5-12-13(8-11)16(2)15(19)14(12)18/h4-5,8,10H,3,6-7,9H2,1-2H3. The van der Waals surface area contributed by atoms with Gasteiger partial charge in [0.1, 0.15) is 0 Å². The Balaban J connectivity index is 1.93. The molecule has 0 aromatic heterocycles. The summed E-state index contributed by atoms with van der Waals surface area (Å²) >= 11 is 0. The minimum atomic E-state index is -0.454. The van der Waals surface area contributed by atoms with Crippen molar-refractivity contribution in [2.45, 2.75) is 19.4 Å². The van der Waals surface area contributed by atoms with Gasteiger partial charge in [-0.05, 0) is 31.5 Å². The summed E-state index contributed by atoms with van der Waals surface area (Å²) in [5.41, 5.74) is 2.24. The average molecular weight is 274 g/mol. The van der Waals surface area contributed by atoms with E-state index in [0.29, 0.717) is 11.3 Å². The smallest absolute Gasteiger partial charge is 0.299 e. The van der Waals surface area contributed by atoms with Crippen molar-refractivity contribution in [2.24, 2.45) is 0 Å². The number of hydrogen-bond acceptors (Lipinski definition) is 4. The van der Waals surface area contributed by atoms with Crippen LogP contribution in [0.2, 0.25) is 0 Å². The fraction of sp³-hybridized carbons (Fsp3) is 0.467.